The van der Waals surface area contributed by atoms with Gasteiger partial charge in [-0.3, -0.25) is 4.79 Å². The number of carbonyl (C=O) groups is 1. The van der Waals surface area contributed by atoms with E-state index in [2.05, 4.69) is 4.90 Å². The molecule has 0 bridgehead atoms. The Labute approximate surface area is 121 Å². The predicted molar refractivity (Wildman–Crippen MR) is 79.8 cm³/mol. The summed E-state index contributed by atoms with van der Waals surface area (Å²) in [6.07, 6.45) is 2.36. The van der Waals surface area contributed by atoms with Gasteiger partial charge in [-0.25, -0.2) is 0 Å². The van der Waals surface area contributed by atoms with E-state index in [-0.39, 0.29) is 12.0 Å². The predicted octanol–water partition coefficient (Wildman–Crippen LogP) is 2.00. The van der Waals surface area contributed by atoms with Crippen LogP contribution in [0, 0.1) is 0 Å². The second-order valence-corrected chi connectivity index (χ2v) is 5.76. The molecule has 110 valence electrons. The molecule has 1 aliphatic rings. The maximum Gasteiger partial charge on any atom is 0.253 e. The van der Waals surface area contributed by atoms with Gasteiger partial charge in [-0.05, 0) is 44.6 Å². The average Bonchev–Trinajstić information content (AvgIpc) is 2.91. The number of nitrogens with zero attached hydrogens (tertiary/aromatic N) is 2. The molecule has 1 fully saturated rings. The Morgan fingerprint density at radius 2 is 1.95 bits per heavy atom. The third-order valence-electron chi connectivity index (χ3n) is 3.55. The first-order chi connectivity index (χ1) is 9.56. The van der Waals surface area contributed by atoms with Crippen LogP contribution in [0.1, 0.15) is 28.8 Å². The number of ether oxygens (including phenoxy) is 1. The summed E-state index contributed by atoms with van der Waals surface area (Å²) in [7, 11) is 5.92. The van der Waals surface area contributed by atoms with Crippen molar-refractivity contribution >= 4 is 5.91 Å². The fourth-order valence-corrected chi connectivity index (χ4v) is 2.51. The van der Waals surface area contributed by atoms with E-state index in [4.69, 9.17) is 4.74 Å². The third-order valence-corrected chi connectivity index (χ3v) is 3.55. The van der Waals surface area contributed by atoms with Crippen molar-refractivity contribution < 1.29 is 9.53 Å². The van der Waals surface area contributed by atoms with E-state index in [1.165, 1.54) is 5.56 Å². The lowest BCUT2D eigenvalue weighted by molar-refractivity contribution is 0.0587. The quantitative estimate of drug-likeness (QED) is 0.824. The highest BCUT2D eigenvalue weighted by Gasteiger charge is 2.20. The van der Waals surface area contributed by atoms with E-state index >= 15 is 0 Å². The van der Waals surface area contributed by atoms with Crippen molar-refractivity contribution in [1.82, 2.24) is 9.80 Å². The minimum Gasteiger partial charge on any atom is -0.376 e. The molecule has 0 aliphatic carbocycles. The van der Waals surface area contributed by atoms with Crippen molar-refractivity contribution in [3.63, 3.8) is 0 Å². The summed E-state index contributed by atoms with van der Waals surface area (Å²) in [6.45, 7) is 2.39. The van der Waals surface area contributed by atoms with Gasteiger partial charge in [0.1, 0.15) is 0 Å². The van der Waals surface area contributed by atoms with Gasteiger partial charge in [-0.1, -0.05) is 12.1 Å². The topological polar surface area (TPSA) is 32.8 Å². The molecule has 20 heavy (non-hydrogen) atoms. The molecule has 2 rings (SSSR count). The second kappa shape index (κ2) is 6.86. The Morgan fingerprint density at radius 3 is 2.50 bits per heavy atom. The van der Waals surface area contributed by atoms with E-state index in [1.807, 2.05) is 45.4 Å². The van der Waals surface area contributed by atoms with Crippen LogP contribution in [0.15, 0.2) is 24.3 Å². The van der Waals surface area contributed by atoms with Gasteiger partial charge in [0.25, 0.3) is 5.91 Å². The van der Waals surface area contributed by atoms with Crippen LogP contribution in [-0.4, -0.2) is 56.1 Å². The molecular formula is C16H24N2O2. The van der Waals surface area contributed by atoms with Crippen LogP contribution in [-0.2, 0) is 11.3 Å². The molecule has 4 heteroatoms. The number of rotatable bonds is 5. The minimum atomic E-state index is 0.0666. The second-order valence-electron chi connectivity index (χ2n) is 5.76. The standard InChI is InChI=1S/C16H24N2O2/c1-17(2)11-13-6-8-14(9-7-13)16(19)18(3)12-15-5-4-10-20-15/h6-9,15H,4-5,10-12H2,1-3H3. The Morgan fingerprint density at radius 1 is 1.25 bits per heavy atom. The molecule has 0 spiro atoms. The molecule has 1 unspecified atom stereocenters. The molecule has 1 saturated heterocycles. The monoisotopic (exact) mass is 276 g/mol. The van der Waals surface area contributed by atoms with Crippen LogP contribution in [0.2, 0.25) is 0 Å². The van der Waals surface area contributed by atoms with E-state index in [1.54, 1.807) is 4.90 Å². The highest BCUT2D eigenvalue weighted by molar-refractivity contribution is 5.94. The van der Waals surface area contributed by atoms with Gasteiger partial charge in [-0.2, -0.15) is 0 Å². The van der Waals surface area contributed by atoms with Gasteiger partial charge in [0.15, 0.2) is 0 Å². The molecule has 1 aliphatic heterocycles. The summed E-state index contributed by atoms with van der Waals surface area (Å²) in [5.74, 6) is 0.0666. The Hall–Kier alpha value is -1.39. The number of amides is 1. The summed E-state index contributed by atoms with van der Waals surface area (Å²) in [5, 5.41) is 0. The van der Waals surface area contributed by atoms with Crippen LogP contribution in [0.3, 0.4) is 0 Å². The first-order valence-corrected chi connectivity index (χ1v) is 7.17. The highest BCUT2D eigenvalue weighted by Crippen LogP contribution is 2.14. The van der Waals surface area contributed by atoms with Gasteiger partial charge in [-0.15, -0.1) is 0 Å². The van der Waals surface area contributed by atoms with Gasteiger partial charge >= 0.3 is 0 Å². The van der Waals surface area contributed by atoms with Crippen LogP contribution in [0.5, 0.6) is 0 Å². The Balaban J connectivity index is 1.93. The highest BCUT2D eigenvalue weighted by atomic mass is 16.5. The van der Waals surface area contributed by atoms with E-state index < -0.39 is 0 Å². The molecule has 1 atom stereocenters. The third kappa shape index (κ3) is 4.05. The van der Waals surface area contributed by atoms with Crippen molar-refractivity contribution in [2.24, 2.45) is 0 Å². The minimum absolute atomic E-state index is 0.0666. The SMILES string of the molecule is CN(C)Cc1ccc(C(=O)N(C)CC2CCCO2)cc1. The molecule has 1 heterocycles. The van der Waals surface area contributed by atoms with E-state index in [9.17, 15) is 4.79 Å². The Bertz CT molecular complexity index is 436. The number of hydrogen-bond acceptors (Lipinski definition) is 3. The summed E-state index contributed by atoms with van der Waals surface area (Å²) in [6, 6.07) is 7.86. The van der Waals surface area contributed by atoms with Gasteiger partial charge in [0.2, 0.25) is 0 Å². The number of likely N-dealkylation sites (N-methyl/N-ethyl adjacent to an activating group) is 1. The van der Waals surface area contributed by atoms with Crippen molar-refractivity contribution in [2.75, 3.05) is 34.3 Å². The lowest BCUT2D eigenvalue weighted by Gasteiger charge is -2.21. The van der Waals surface area contributed by atoms with Crippen molar-refractivity contribution in [2.45, 2.75) is 25.5 Å². The molecule has 4 nitrogen and oxygen atoms in total. The lowest BCUT2D eigenvalue weighted by atomic mass is 10.1. The van der Waals surface area contributed by atoms with Crippen molar-refractivity contribution in [1.29, 1.82) is 0 Å². The van der Waals surface area contributed by atoms with E-state index in [0.29, 0.717) is 6.54 Å². The number of benzene rings is 1. The van der Waals surface area contributed by atoms with Gasteiger partial charge in [0.05, 0.1) is 6.10 Å². The zero-order chi connectivity index (χ0) is 14.5. The Kier molecular flexibility index (Phi) is 5.15. The van der Waals surface area contributed by atoms with E-state index in [0.717, 1.165) is 31.6 Å². The van der Waals surface area contributed by atoms with Crippen LogP contribution in [0.25, 0.3) is 0 Å². The summed E-state index contributed by atoms with van der Waals surface area (Å²) in [4.78, 5) is 16.2. The molecule has 0 aromatic heterocycles. The maximum absolute atomic E-state index is 12.3. The molecule has 0 radical (unpaired) electrons. The zero-order valence-corrected chi connectivity index (χ0v) is 12.6. The fourth-order valence-electron chi connectivity index (χ4n) is 2.51. The first-order valence-electron chi connectivity index (χ1n) is 7.17. The van der Waals surface area contributed by atoms with Crippen LogP contribution < -0.4 is 0 Å². The van der Waals surface area contributed by atoms with Gasteiger partial charge < -0.3 is 14.5 Å². The fraction of sp³-hybridized carbons (Fsp3) is 0.562. The number of carbonyl (C=O) groups excluding carboxylic acids is 1. The lowest BCUT2D eigenvalue weighted by Crippen LogP contribution is -2.34. The smallest absolute Gasteiger partial charge is 0.253 e. The first kappa shape index (κ1) is 15.0. The number of hydrogen-bond donors (Lipinski definition) is 0. The van der Waals surface area contributed by atoms with Gasteiger partial charge in [0, 0.05) is 32.3 Å². The molecule has 1 aromatic rings. The largest absolute Gasteiger partial charge is 0.376 e. The molecule has 0 saturated carbocycles. The molecule has 1 aromatic carbocycles. The van der Waals surface area contributed by atoms with Crippen molar-refractivity contribution in [3.05, 3.63) is 35.4 Å². The normalized spacial score (nSPS) is 18.5. The molecule has 1 amide bonds. The van der Waals surface area contributed by atoms with Crippen LogP contribution in [0.4, 0.5) is 0 Å². The van der Waals surface area contributed by atoms with Crippen LogP contribution >= 0.6 is 0 Å². The summed E-state index contributed by atoms with van der Waals surface area (Å²) >= 11 is 0. The van der Waals surface area contributed by atoms with Crippen molar-refractivity contribution in [3.8, 4) is 0 Å². The summed E-state index contributed by atoms with van der Waals surface area (Å²) in [5.41, 5.74) is 1.96. The molecule has 0 N–H and O–H groups in total. The summed E-state index contributed by atoms with van der Waals surface area (Å²) < 4.78 is 5.57. The molecular weight excluding hydrogens is 252 g/mol. The zero-order valence-electron chi connectivity index (χ0n) is 12.6. The maximum atomic E-state index is 12.3. The average molecular weight is 276 g/mol.